The van der Waals surface area contributed by atoms with E-state index in [1.807, 2.05) is 12.1 Å². The first kappa shape index (κ1) is 21.1. The van der Waals surface area contributed by atoms with Gasteiger partial charge in [-0.3, -0.25) is 9.88 Å². The summed E-state index contributed by atoms with van der Waals surface area (Å²) in [7, 11) is 0. The third kappa shape index (κ3) is 3.48. The zero-order valence-electron chi connectivity index (χ0n) is 20.0. The van der Waals surface area contributed by atoms with Gasteiger partial charge in [-0.25, -0.2) is 0 Å². The summed E-state index contributed by atoms with van der Waals surface area (Å²) in [5.41, 5.74) is 6.84. The van der Waals surface area contributed by atoms with Crippen LogP contribution in [-0.4, -0.2) is 67.4 Å². The van der Waals surface area contributed by atoms with Gasteiger partial charge < -0.3 is 19.9 Å². The fourth-order valence-electron chi connectivity index (χ4n) is 6.53. The van der Waals surface area contributed by atoms with Crippen molar-refractivity contribution < 1.29 is 4.74 Å². The predicted octanol–water partition coefficient (Wildman–Crippen LogP) is 3.05. The number of rotatable bonds is 2. The molecule has 35 heavy (non-hydrogen) atoms. The van der Waals surface area contributed by atoms with E-state index >= 15 is 0 Å². The maximum absolute atomic E-state index is 9.55. The van der Waals surface area contributed by atoms with E-state index in [1.165, 1.54) is 22.5 Å². The average Bonchev–Trinajstić information content (AvgIpc) is 3.02. The van der Waals surface area contributed by atoms with Gasteiger partial charge >= 0.3 is 0 Å². The predicted molar refractivity (Wildman–Crippen MR) is 137 cm³/mol. The summed E-state index contributed by atoms with van der Waals surface area (Å²) < 4.78 is 6.00. The van der Waals surface area contributed by atoms with Crippen molar-refractivity contribution >= 4 is 22.3 Å². The highest BCUT2D eigenvalue weighted by Crippen LogP contribution is 2.42. The number of nitriles is 1. The number of nitrogens with one attached hydrogen (secondary N) is 1. The molecule has 0 saturated carbocycles. The molecule has 178 valence electrons. The van der Waals surface area contributed by atoms with E-state index < -0.39 is 0 Å². The Morgan fingerprint density at radius 3 is 2.89 bits per heavy atom. The van der Waals surface area contributed by atoms with Crippen LogP contribution in [0.25, 0.3) is 10.9 Å². The Bertz CT molecular complexity index is 1310. The summed E-state index contributed by atoms with van der Waals surface area (Å²) in [5.74, 6) is 0. The number of fused-ring (bicyclic) bond motifs is 8. The lowest BCUT2D eigenvalue weighted by molar-refractivity contribution is 0.0259. The van der Waals surface area contributed by atoms with Crippen LogP contribution in [0.2, 0.25) is 0 Å². The molecule has 2 unspecified atom stereocenters. The van der Waals surface area contributed by atoms with Crippen LogP contribution < -0.4 is 15.1 Å². The van der Waals surface area contributed by atoms with Gasteiger partial charge in [0.25, 0.3) is 0 Å². The van der Waals surface area contributed by atoms with Gasteiger partial charge in [0.2, 0.25) is 0 Å². The SMILES string of the molecule is C[C@@H]1CN(c2ccc(C#N)c3ncccc23)C[C@@H]2c3ccc(N4CC5COC(CN5)C4)cc3CN12. The van der Waals surface area contributed by atoms with Crippen LogP contribution in [0, 0.1) is 11.3 Å². The molecule has 0 radical (unpaired) electrons. The smallest absolute Gasteiger partial charge is 0.101 e. The highest BCUT2D eigenvalue weighted by Gasteiger charge is 2.40. The van der Waals surface area contributed by atoms with Crippen LogP contribution in [0.5, 0.6) is 0 Å². The summed E-state index contributed by atoms with van der Waals surface area (Å²) in [6.07, 6.45) is 2.05. The van der Waals surface area contributed by atoms with E-state index in [-0.39, 0.29) is 6.10 Å². The maximum atomic E-state index is 9.55. The molecule has 7 heteroatoms. The molecule has 8 rings (SSSR count). The Morgan fingerprint density at radius 1 is 1.09 bits per heavy atom. The standard InChI is InChI=1S/C28H30N6O/c1-18-12-33(26-7-4-19(10-29)28-25(26)3-2-8-30-28)16-27-24-6-5-22(9-20(24)13-34(18)27)32-14-21-17-35-23(15-32)11-31-21/h2-9,18,21,23,27,31H,11-17H2,1H3/t18-,21?,23?,27-/m1/s1. The first-order chi connectivity index (χ1) is 17.2. The highest BCUT2D eigenvalue weighted by molar-refractivity contribution is 5.95. The third-order valence-electron chi connectivity index (χ3n) is 8.29. The molecule has 7 nitrogen and oxygen atoms in total. The monoisotopic (exact) mass is 466 g/mol. The van der Waals surface area contributed by atoms with Gasteiger partial charge in [0.1, 0.15) is 6.07 Å². The van der Waals surface area contributed by atoms with E-state index in [9.17, 15) is 5.26 Å². The van der Waals surface area contributed by atoms with Gasteiger partial charge in [-0.1, -0.05) is 6.07 Å². The lowest BCUT2D eigenvalue weighted by Crippen LogP contribution is -2.51. The number of piperazine rings is 1. The molecule has 5 aliphatic heterocycles. The summed E-state index contributed by atoms with van der Waals surface area (Å²) in [6.45, 7) is 8.99. The molecule has 0 spiro atoms. The molecule has 0 aliphatic carbocycles. The first-order valence-corrected chi connectivity index (χ1v) is 12.7. The van der Waals surface area contributed by atoms with Gasteiger partial charge in [-0.05, 0) is 54.4 Å². The number of hydrogen-bond donors (Lipinski definition) is 1. The highest BCUT2D eigenvalue weighted by atomic mass is 16.5. The Morgan fingerprint density at radius 2 is 2.03 bits per heavy atom. The molecular formula is C28H30N6O. The second-order valence-corrected chi connectivity index (χ2v) is 10.4. The quantitative estimate of drug-likeness (QED) is 0.623. The number of morpholine rings is 1. The molecule has 1 N–H and O–H groups in total. The van der Waals surface area contributed by atoms with Crippen molar-refractivity contribution in [3.05, 3.63) is 65.4 Å². The summed E-state index contributed by atoms with van der Waals surface area (Å²) in [5, 5.41) is 14.2. The van der Waals surface area contributed by atoms with Gasteiger partial charge in [-0.15, -0.1) is 0 Å². The van der Waals surface area contributed by atoms with Crippen LogP contribution in [0.15, 0.2) is 48.7 Å². The largest absolute Gasteiger partial charge is 0.373 e. The van der Waals surface area contributed by atoms with E-state index in [0.717, 1.165) is 56.8 Å². The van der Waals surface area contributed by atoms with Crippen molar-refractivity contribution in [2.45, 2.75) is 37.7 Å². The molecule has 4 saturated heterocycles. The van der Waals surface area contributed by atoms with Crippen molar-refractivity contribution in [1.82, 2.24) is 15.2 Å². The van der Waals surface area contributed by atoms with E-state index in [0.29, 0.717) is 23.7 Å². The average molecular weight is 467 g/mol. The molecule has 1 aromatic heterocycles. The second-order valence-electron chi connectivity index (χ2n) is 10.4. The topological polar surface area (TPSA) is 67.7 Å². The van der Waals surface area contributed by atoms with Crippen molar-refractivity contribution in [2.75, 3.05) is 49.1 Å². The van der Waals surface area contributed by atoms with Crippen LogP contribution >= 0.6 is 0 Å². The molecule has 0 amide bonds. The maximum Gasteiger partial charge on any atom is 0.101 e. The number of anilines is 2. The van der Waals surface area contributed by atoms with Gasteiger partial charge in [0.05, 0.1) is 29.8 Å². The Labute approximate surface area is 205 Å². The van der Waals surface area contributed by atoms with Gasteiger partial charge in [-0.2, -0.15) is 5.26 Å². The zero-order chi connectivity index (χ0) is 23.5. The number of aromatic nitrogens is 1. The van der Waals surface area contributed by atoms with Gasteiger partial charge in [0.15, 0.2) is 0 Å². The van der Waals surface area contributed by atoms with Crippen LogP contribution in [0.4, 0.5) is 11.4 Å². The molecule has 4 atom stereocenters. The number of pyridine rings is 1. The number of hydrogen-bond acceptors (Lipinski definition) is 7. The van der Waals surface area contributed by atoms with Crippen molar-refractivity contribution in [2.24, 2.45) is 0 Å². The van der Waals surface area contributed by atoms with E-state index in [4.69, 9.17) is 4.74 Å². The minimum Gasteiger partial charge on any atom is -0.373 e. The van der Waals surface area contributed by atoms with Crippen LogP contribution in [0.3, 0.4) is 0 Å². The second kappa shape index (κ2) is 8.20. The van der Waals surface area contributed by atoms with Crippen LogP contribution in [-0.2, 0) is 11.3 Å². The molecule has 4 fully saturated rings. The van der Waals surface area contributed by atoms with Crippen LogP contribution in [0.1, 0.15) is 29.7 Å². The van der Waals surface area contributed by atoms with Crippen molar-refractivity contribution in [1.29, 1.82) is 5.26 Å². The molecule has 5 aliphatic rings. The Balaban J connectivity index is 1.20. The molecule has 3 aromatic rings. The number of ether oxygens (including phenoxy) is 1. The third-order valence-corrected chi connectivity index (χ3v) is 8.29. The molecule has 2 aromatic carbocycles. The summed E-state index contributed by atoms with van der Waals surface area (Å²) >= 11 is 0. The fraction of sp³-hybridized carbons (Fsp3) is 0.429. The lowest BCUT2D eigenvalue weighted by atomic mass is 9.99. The van der Waals surface area contributed by atoms with Crippen molar-refractivity contribution in [3.63, 3.8) is 0 Å². The van der Waals surface area contributed by atoms with E-state index in [1.54, 1.807) is 6.20 Å². The molecule has 2 bridgehead atoms. The van der Waals surface area contributed by atoms with Crippen molar-refractivity contribution in [3.8, 4) is 6.07 Å². The zero-order valence-corrected chi connectivity index (χ0v) is 20.0. The minimum atomic E-state index is 0.277. The summed E-state index contributed by atoms with van der Waals surface area (Å²) in [4.78, 5) is 12.2. The molecule has 6 heterocycles. The molecular weight excluding hydrogens is 436 g/mol. The minimum absolute atomic E-state index is 0.277. The lowest BCUT2D eigenvalue weighted by Gasteiger charge is -2.43. The first-order valence-electron chi connectivity index (χ1n) is 12.7. The van der Waals surface area contributed by atoms with E-state index in [2.05, 4.69) is 68.3 Å². The fourth-order valence-corrected chi connectivity index (χ4v) is 6.53. The number of nitrogens with zero attached hydrogens (tertiary/aromatic N) is 5. The Kier molecular flexibility index (Phi) is 4.95. The Hall–Kier alpha value is -3.18. The normalized spacial score (nSPS) is 28.0. The summed E-state index contributed by atoms with van der Waals surface area (Å²) in [6, 6.07) is 18.7. The van der Waals surface area contributed by atoms with Gasteiger partial charge in [0, 0.05) is 74.3 Å². The number of benzene rings is 2.